The summed E-state index contributed by atoms with van der Waals surface area (Å²) in [5, 5.41) is 6.15. The lowest BCUT2D eigenvalue weighted by Gasteiger charge is -2.17. The average Bonchev–Trinajstić information content (AvgIpc) is 2.76. The molecule has 0 radical (unpaired) electrons. The van der Waals surface area contributed by atoms with Crippen LogP contribution < -0.4 is 10.6 Å². The van der Waals surface area contributed by atoms with Gasteiger partial charge in [0, 0.05) is 38.4 Å². The van der Waals surface area contributed by atoms with E-state index in [-0.39, 0.29) is 12.1 Å². The molecule has 2 rings (SSSR count). The first-order chi connectivity index (χ1) is 8.27. The first kappa shape index (κ1) is 11.9. The van der Waals surface area contributed by atoms with E-state index in [1.807, 2.05) is 23.1 Å². The molecular formula is C12H18N4O. The summed E-state index contributed by atoms with van der Waals surface area (Å²) in [6.07, 6.45) is 1.79. The largest absolute Gasteiger partial charge is 0.336 e. The van der Waals surface area contributed by atoms with Crippen LogP contribution in [0.5, 0.6) is 0 Å². The van der Waals surface area contributed by atoms with Gasteiger partial charge in [-0.05, 0) is 19.1 Å². The topological polar surface area (TPSA) is 57.3 Å². The fourth-order valence-electron chi connectivity index (χ4n) is 1.88. The highest BCUT2D eigenvalue weighted by Gasteiger charge is 2.18. The van der Waals surface area contributed by atoms with E-state index in [4.69, 9.17) is 0 Å². The molecule has 1 atom stereocenters. The quantitative estimate of drug-likeness (QED) is 0.790. The van der Waals surface area contributed by atoms with Crippen molar-refractivity contribution in [3.05, 3.63) is 30.1 Å². The Labute approximate surface area is 101 Å². The van der Waals surface area contributed by atoms with Crippen LogP contribution in [0.1, 0.15) is 18.7 Å². The van der Waals surface area contributed by atoms with Crippen LogP contribution in [0.2, 0.25) is 0 Å². The predicted molar refractivity (Wildman–Crippen MR) is 65.6 cm³/mol. The zero-order chi connectivity index (χ0) is 12.1. The number of aromatic nitrogens is 1. The van der Waals surface area contributed by atoms with Gasteiger partial charge >= 0.3 is 6.03 Å². The molecule has 1 aliphatic rings. The lowest BCUT2D eigenvalue weighted by molar-refractivity contribution is 0.217. The number of hydrogen-bond donors (Lipinski definition) is 2. The SMILES string of the molecule is C[C@H](NCCN1CCNC1=O)c1ccccn1. The molecule has 2 heterocycles. The summed E-state index contributed by atoms with van der Waals surface area (Å²) in [6, 6.07) is 6.14. The molecule has 17 heavy (non-hydrogen) atoms. The molecule has 0 saturated carbocycles. The van der Waals surface area contributed by atoms with E-state index >= 15 is 0 Å². The third-order valence-electron chi connectivity index (χ3n) is 2.91. The average molecular weight is 234 g/mol. The Bertz CT molecular complexity index is 368. The number of pyridine rings is 1. The van der Waals surface area contributed by atoms with E-state index in [0.717, 1.165) is 31.9 Å². The van der Waals surface area contributed by atoms with E-state index in [1.165, 1.54) is 0 Å². The zero-order valence-corrected chi connectivity index (χ0v) is 10.0. The monoisotopic (exact) mass is 234 g/mol. The number of nitrogens with zero attached hydrogens (tertiary/aromatic N) is 2. The van der Waals surface area contributed by atoms with Crippen LogP contribution in [-0.4, -0.2) is 42.1 Å². The second-order valence-corrected chi connectivity index (χ2v) is 4.15. The van der Waals surface area contributed by atoms with Gasteiger partial charge in [0.2, 0.25) is 0 Å². The van der Waals surface area contributed by atoms with Gasteiger partial charge in [-0.2, -0.15) is 0 Å². The molecule has 5 heteroatoms. The second-order valence-electron chi connectivity index (χ2n) is 4.15. The van der Waals surface area contributed by atoms with Crippen molar-refractivity contribution in [2.75, 3.05) is 26.2 Å². The highest BCUT2D eigenvalue weighted by molar-refractivity contribution is 5.76. The lowest BCUT2D eigenvalue weighted by atomic mass is 10.2. The van der Waals surface area contributed by atoms with Crippen LogP contribution in [0.4, 0.5) is 4.79 Å². The molecule has 5 nitrogen and oxygen atoms in total. The Kier molecular flexibility index (Phi) is 3.93. The lowest BCUT2D eigenvalue weighted by Crippen LogP contribution is -2.35. The predicted octanol–water partition coefficient (Wildman–Crippen LogP) is 0.757. The van der Waals surface area contributed by atoms with Gasteiger partial charge < -0.3 is 15.5 Å². The summed E-state index contributed by atoms with van der Waals surface area (Å²) >= 11 is 0. The summed E-state index contributed by atoms with van der Waals surface area (Å²) in [5.74, 6) is 0. The Morgan fingerprint density at radius 2 is 2.47 bits per heavy atom. The molecule has 0 aliphatic carbocycles. The number of amides is 2. The van der Waals surface area contributed by atoms with Crippen LogP contribution in [0.3, 0.4) is 0 Å². The van der Waals surface area contributed by atoms with E-state index < -0.39 is 0 Å². The maximum absolute atomic E-state index is 11.3. The van der Waals surface area contributed by atoms with Crippen molar-refractivity contribution in [3.8, 4) is 0 Å². The standard InChI is InChI=1S/C12H18N4O/c1-10(11-4-2-3-5-14-11)13-6-8-16-9-7-15-12(16)17/h2-5,10,13H,6-9H2,1H3,(H,15,17)/t10-/m0/s1. The summed E-state index contributed by atoms with van der Waals surface area (Å²) in [5.41, 5.74) is 1.03. The second kappa shape index (κ2) is 5.63. The number of hydrogen-bond acceptors (Lipinski definition) is 3. The van der Waals surface area contributed by atoms with Gasteiger partial charge in [-0.3, -0.25) is 4.98 Å². The minimum Gasteiger partial charge on any atom is -0.336 e. The van der Waals surface area contributed by atoms with E-state index in [9.17, 15) is 4.79 Å². The third-order valence-corrected chi connectivity index (χ3v) is 2.91. The van der Waals surface area contributed by atoms with E-state index in [0.29, 0.717) is 0 Å². The molecule has 0 unspecified atom stereocenters. The van der Waals surface area contributed by atoms with Crippen molar-refractivity contribution < 1.29 is 4.79 Å². The van der Waals surface area contributed by atoms with Crippen LogP contribution in [0.15, 0.2) is 24.4 Å². The first-order valence-electron chi connectivity index (χ1n) is 5.94. The molecule has 2 amide bonds. The van der Waals surface area contributed by atoms with Gasteiger partial charge in [0.25, 0.3) is 0 Å². The third kappa shape index (κ3) is 3.17. The van der Waals surface area contributed by atoms with Gasteiger partial charge in [-0.25, -0.2) is 4.79 Å². The van der Waals surface area contributed by atoms with Gasteiger partial charge in [-0.15, -0.1) is 0 Å². The molecule has 1 saturated heterocycles. The van der Waals surface area contributed by atoms with E-state index in [2.05, 4.69) is 22.5 Å². The number of carbonyl (C=O) groups excluding carboxylic acids is 1. The Hall–Kier alpha value is -1.62. The fourth-order valence-corrected chi connectivity index (χ4v) is 1.88. The molecule has 0 aromatic carbocycles. The normalized spacial score (nSPS) is 17.0. The van der Waals surface area contributed by atoms with Crippen molar-refractivity contribution in [1.82, 2.24) is 20.5 Å². The van der Waals surface area contributed by atoms with Gasteiger partial charge in [0.15, 0.2) is 0 Å². The van der Waals surface area contributed by atoms with Gasteiger partial charge in [0.05, 0.1) is 5.69 Å². The van der Waals surface area contributed by atoms with E-state index in [1.54, 1.807) is 6.20 Å². The van der Waals surface area contributed by atoms with Crippen LogP contribution in [0, 0.1) is 0 Å². The molecule has 0 bridgehead atoms. The van der Waals surface area contributed by atoms with Crippen LogP contribution in [0.25, 0.3) is 0 Å². The minimum absolute atomic E-state index is 0.0392. The summed E-state index contributed by atoms with van der Waals surface area (Å²) in [6.45, 7) is 5.16. The zero-order valence-electron chi connectivity index (χ0n) is 10.0. The molecule has 1 aliphatic heterocycles. The smallest absolute Gasteiger partial charge is 0.317 e. The summed E-state index contributed by atoms with van der Waals surface area (Å²) in [7, 11) is 0. The Morgan fingerprint density at radius 3 is 3.12 bits per heavy atom. The summed E-state index contributed by atoms with van der Waals surface area (Å²) < 4.78 is 0. The molecule has 92 valence electrons. The summed E-state index contributed by atoms with van der Waals surface area (Å²) in [4.78, 5) is 17.4. The fraction of sp³-hybridized carbons (Fsp3) is 0.500. The van der Waals surface area contributed by atoms with Crippen molar-refractivity contribution in [1.29, 1.82) is 0 Å². The number of urea groups is 1. The minimum atomic E-state index is 0.0392. The van der Waals surface area contributed by atoms with Gasteiger partial charge in [0.1, 0.15) is 0 Å². The van der Waals surface area contributed by atoms with Crippen molar-refractivity contribution in [2.24, 2.45) is 0 Å². The van der Waals surface area contributed by atoms with Crippen LogP contribution >= 0.6 is 0 Å². The maximum atomic E-state index is 11.3. The number of nitrogens with one attached hydrogen (secondary N) is 2. The highest BCUT2D eigenvalue weighted by Crippen LogP contribution is 2.07. The molecular weight excluding hydrogens is 216 g/mol. The Morgan fingerprint density at radius 1 is 1.59 bits per heavy atom. The van der Waals surface area contributed by atoms with Crippen molar-refractivity contribution in [3.63, 3.8) is 0 Å². The van der Waals surface area contributed by atoms with Crippen molar-refractivity contribution in [2.45, 2.75) is 13.0 Å². The Balaban J connectivity index is 1.73. The van der Waals surface area contributed by atoms with Crippen molar-refractivity contribution >= 4 is 6.03 Å². The molecule has 1 aromatic rings. The first-order valence-corrected chi connectivity index (χ1v) is 5.94. The maximum Gasteiger partial charge on any atom is 0.317 e. The van der Waals surface area contributed by atoms with Crippen LogP contribution in [-0.2, 0) is 0 Å². The molecule has 1 fully saturated rings. The van der Waals surface area contributed by atoms with Gasteiger partial charge in [-0.1, -0.05) is 6.07 Å². The number of rotatable bonds is 5. The highest BCUT2D eigenvalue weighted by atomic mass is 16.2. The molecule has 0 spiro atoms. The molecule has 1 aromatic heterocycles. The molecule has 2 N–H and O–H groups in total. The number of carbonyl (C=O) groups is 1.